The van der Waals surface area contributed by atoms with Crippen molar-refractivity contribution in [2.24, 2.45) is 5.92 Å². The predicted octanol–water partition coefficient (Wildman–Crippen LogP) is 2.98. The molecular formula is C19H24N4O3. The van der Waals surface area contributed by atoms with Gasteiger partial charge in [0.25, 0.3) is 5.91 Å². The first-order valence-corrected chi connectivity index (χ1v) is 8.72. The summed E-state index contributed by atoms with van der Waals surface area (Å²) in [6.07, 6.45) is 2.30. The number of hydrogen-bond donors (Lipinski definition) is 1. The van der Waals surface area contributed by atoms with Gasteiger partial charge in [-0.05, 0) is 43.0 Å². The zero-order valence-corrected chi connectivity index (χ0v) is 15.4. The average Bonchev–Trinajstić information content (AvgIpc) is 2.68. The van der Waals surface area contributed by atoms with Crippen molar-refractivity contribution in [3.8, 4) is 11.5 Å². The molecule has 7 nitrogen and oxygen atoms in total. The van der Waals surface area contributed by atoms with Crippen LogP contribution >= 0.6 is 0 Å². The smallest absolute Gasteiger partial charge is 0.276 e. The maximum atomic E-state index is 12.5. The van der Waals surface area contributed by atoms with Crippen molar-refractivity contribution >= 4 is 17.4 Å². The predicted molar refractivity (Wildman–Crippen MR) is 100 cm³/mol. The summed E-state index contributed by atoms with van der Waals surface area (Å²) < 4.78 is 10.5. The Hall–Kier alpha value is -2.83. The van der Waals surface area contributed by atoms with E-state index in [1.54, 1.807) is 38.5 Å². The van der Waals surface area contributed by atoms with E-state index in [2.05, 4.69) is 27.3 Å². The Morgan fingerprint density at radius 2 is 1.88 bits per heavy atom. The third-order valence-corrected chi connectivity index (χ3v) is 4.65. The molecule has 0 spiro atoms. The molecule has 0 atom stereocenters. The van der Waals surface area contributed by atoms with Gasteiger partial charge in [-0.1, -0.05) is 6.92 Å². The molecule has 0 saturated carbocycles. The van der Waals surface area contributed by atoms with E-state index in [-0.39, 0.29) is 11.6 Å². The van der Waals surface area contributed by atoms with Gasteiger partial charge in [0, 0.05) is 19.2 Å². The second kappa shape index (κ2) is 8.03. The standard InChI is InChI=1S/C19H24N4O3/c1-13-8-10-23(11-9-13)18-7-5-15(21-22-18)19(24)20-16-12-14(25-2)4-6-17(16)26-3/h4-7,12-13H,8-11H2,1-3H3,(H,20,24). The number of nitrogens with one attached hydrogen (secondary N) is 1. The first-order chi connectivity index (χ1) is 12.6. The summed E-state index contributed by atoms with van der Waals surface area (Å²) in [6.45, 7) is 4.22. The van der Waals surface area contributed by atoms with E-state index in [4.69, 9.17) is 9.47 Å². The number of anilines is 2. The van der Waals surface area contributed by atoms with Crippen LogP contribution < -0.4 is 19.7 Å². The van der Waals surface area contributed by atoms with Crippen LogP contribution in [0, 0.1) is 5.92 Å². The topological polar surface area (TPSA) is 76.6 Å². The van der Waals surface area contributed by atoms with Gasteiger partial charge in [0.2, 0.25) is 0 Å². The lowest BCUT2D eigenvalue weighted by atomic mass is 9.99. The summed E-state index contributed by atoms with van der Waals surface area (Å²) in [7, 11) is 3.12. The summed E-state index contributed by atoms with van der Waals surface area (Å²) in [4.78, 5) is 14.7. The Labute approximate surface area is 153 Å². The summed E-state index contributed by atoms with van der Waals surface area (Å²) in [5, 5.41) is 11.1. The molecule has 1 aliphatic rings. The number of methoxy groups -OCH3 is 2. The minimum Gasteiger partial charge on any atom is -0.497 e. The van der Waals surface area contributed by atoms with Crippen molar-refractivity contribution in [3.05, 3.63) is 36.0 Å². The second-order valence-electron chi connectivity index (χ2n) is 6.47. The maximum absolute atomic E-state index is 12.5. The van der Waals surface area contributed by atoms with Gasteiger partial charge >= 0.3 is 0 Å². The van der Waals surface area contributed by atoms with Gasteiger partial charge in [-0.15, -0.1) is 10.2 Å². The van der Waals surface area contributed by atoms with Crippen LogP contribution in [0.1, 0.15) is 30.3 Å². The van der Waals surface area contributed by atoms with E-state index in [0.717, 1.165) is 37.7 Å². The fourth-order valence-electron chi connectivity index (χ4n) is 2.95. The SMILES string of the molecule is COc1ccc(OC)c(NC(=O)c2ccc(N3CCC(C)CC3)nn2)c1. The van der Waals surface area contributed by atoms with Gasteiger partial charge in [0.1, 0.15) is 11.5 Å². The summed E-state index contributed by atoms with van der Waals surface area (Å²) in [5.41, 5.74) is 0.775. The monoisotopic (exact) mass is 356 g/mol. The first kappa shape index (κ1) is 18.0. The van der Waals surface area contributed by atoms with E-state index in [1.807, 2.05) is 6.07 Å². The van der Waals surface area contributed by atoms with Crippen LogP contribution in [0.3, 0.4) is 0 Å². The molecular weight excluding hydrogens is 332 g/mol. The summed E-state index contributed by atoms with van der Waals surface area (Å²) in [5.74, 6) is 2.39. The number of aromatic nitrogens is 2. The molecule has 2 heterocycles. The Balaban J connectivity index is 1.70. The third-order valence-electron chi connectivity index (χ3n) is 4.65. The van der Waals surface area contributed by atoms with Crippen molar-refractivity contribution in [2.45, 2.75) is 19.8 Å². The van der Waals surface area contributed by atoms with Crippen LogP contribution in [0.15, 0.2) is 30.3 Å². The molecule has 0 bridgehead atoms. The molecule has 1 amide bonds. The van der Waals surface area contributed by atoms with E-state index in [9.17, 15) is 4.79 Å². The number of piperidine rings is 1. The maximum Gasteiger partial charge on any atom is 0.276 e. The van der Waals surface area contributed by atoms with Gasteiger partial charge in [-0.3, -0.25) is 4.79 Å². The second-order valence-corrected chi connectivity index (χ2v) is 6.47. The minimum absolute atomic E-state index is 0.254. The van der Waals surface area contributed by atoms with Crippen molar-refractivity contribution in [3.63, 3.8) is 0 Å². The lowest BCUT2D eigenvalue weighted by molar-refractivity contribution is 0.102. The average molecular weight is 356 g/mol. The van der Waals surface area contributed by atoms with Crippen molar-refractivity contribution in [1.29, 1.82) is 0 Å². The molecule has 1 N–H and O–H groups in total. The number of ether oxygens (including phenoxy) is 2. The summed E-state index contributed by atoms with van der Waals surface area (Å²) >= 11 is 0. The molecule has 1 saturated heterocycles. The van der Waals surface area contributed by atoms with E-state index in [0.29, 0.717) is 17.2 Å². The van der Waals surface area contributed by atoms with Gasteiger partial charge in [0.05, 0.1) is 19.9 Å². The van der Waals surface area contributed by atoms with Crippen molar-refractivity contribution in [2.75, 3.05) is 37.5 Å². The van der Waals surface area contributed by atoms with Crippen LogP contribution in [-0.2, 0) is 0 Å². The van der Waals surface area contributed by atoms with Crippen LogP contribution in [0.4, 0.5) is 11.5 Å². The van der Waals surface area contributed by atoms with Crippen LogP contribution in [0.25, 0.3) is 0 Å². The fraction of sp³-hybridized carbons (Fsp3) is 0.421. The lowest BCUT2D eigenvalue weighted by Crippen LogP contribution is -2.33. The van der Waals surface area contributed by atoms with Crippen LogP contribution in [-0.4, -0.2) is 43.4 Å². The highest BCUT2D eigenvalue weighted by atomic mass is 16.5. The molecule has 1 aromatic heterocycles. The van der Waals surface area contributed by atoms with Crippen LogP contribution in [0.2, 0.25) is 0 Å². The van der Waals surface area contributed by atoms with Crippen molar-refractivity contribution < 1.29 is 14.3 Å². The molecule has 7 heteroatoms. The highest BCUT2D eigenvalue weighted by molar-refractivity contribution is 6.03. The number of carbonyl (C=O) groups is 1. The third kappa shape index (κ3) is 4.04. The molecule has 3 rings (SSSR count). The van der Waals surface area contributed by atoms with Gasteiger partial charge in [-0.25, -0.2) is 0 Å². The zero-order valence-electron chi connectivity index (χ0n) is 15.4. The largest absolute Gasteiger partial charge is 0.497 e. The van der Waals surface area contributed by atoms with E-state index in [1.165, 1.54) is 0 Å². The number of hydrogen-bond acceptors (Lipinski definition) is 6. The highest BCUT2D eigenvalue weighted by Crippen LogP contribution is 2.29. The molecule has 138 valence electrons. The number of carbonyl (C=O) groups excluding carboxylic acids is 1. The Kier molecular flexibility index (Phi) is 5.55. The first-order valence-electron chi connectivity index (χ1n) is 8.72. The molecule has 1 fully saturated rings. The summed E-state index contributed by atoms with van der Waals surface area (Å²) in [6, 6.07) is 8.75. The van der Waals surface area contributed by atoms with E-state index >= 15 is 0 Å². The highest BCUT2D eigenvalue weighted by Gasteiger charge is 2.18. The van der Waals surface area contributed by atoms with Gasteiger partial charge in [0.15, 0.2) is 11.5 Å². The molecule has 2 aromatic rings. The molecule has 0 unspecified atom stereocenters. The molecule has 26 heavy (non-hydrogen) atoms. The number of benzene rings is 1. The molecule has 1 aliphatic heterocycles. The number of amides is 1. The van der Waals surface area contributed by atoms with E-state index < -0.39 is 0 Å². The molecule has 0 aliphatic carbocycles. The van der Waals surface area contributed by atoms with Crippen LogP contribution in [0.5, 0.6) is 11.5 Å². The lowest BCUT2D eigenvalue weighted by Gasteiger charge is -2.30. The normalized spacial score (nSPS) is 14.8. The molecule has 1 aromatic carbocycles. The van der Waals surface area contributed by atoms with Gasteiger partial charge < -0.3 is 19.7 Å². The molecule has 0 radical (unpaired) electrons. The quantitative estimate of drug-likeness (QED) is 0.887. The minimum atomic E-state index is -0.345. The Morgan fingerprint density at radius 3 is 2.50 bits per heavy atom. The number of nitrogens with zero attached hydrogens (tertiary/aromatic N) is 3. The Bertz CT molecular complexity index is 756. The van der Waals surface area contributed by atoms with Gasteiger partial charge in [-0.2, -0.15) is 0 Å². The number of rotatable bonds is 5. The fourth-order valence-corrected chi connectivity index (χ4v) is 2.95. The van der Waals surface area contributed by atoms with Crippen molar-refractivity contribution in [1.82, 2.24) is 10.2 Å². The zero-order chi connectivity index (χ0) is 18.5. The Morgan fingerprint density at radius 1 is 1.12 bits per heavy atom.